The van der Waals surface area contributed by atoms with E-state index in [4.69, 9.17) is 0 Å². The molecule has 0 aliphatic heterocycles. The van der Waals surface area contributed by atoms with E-state index < -0.39 is 0 Å². The molecule has 2 heterocycles. The summed E-state index contributed by atoms with van der Waals surface area (Å²) in [7, 11) is 0. The molecule has 0 fully saturated rings. The van der Waals surface area contributed by atoms with Gasteiger partial charge in [-0.1, -0.05) is 18.2 Å². The Balaban J connectivity index is 1.54. The van der Waals surface area contributed by atoms with Crippen molar-refractivity contribution in [2.24, 2.45) is 0 Å². The summed E-state index contributed by atoms with van der Waals surface area (Å²) >= 11 is 5.15. The van der Waals surface area contributed by atoms with Gasteiger partial charge in [0.15, 0.2) is 0 Å². The van der Waals surface area contributed by atoms with Gasteiger partial charge in [-0.3, -0.25) is 4.79 Å². The highest BCUT2D eigenvalue weighted by Crippen LogP contribution is 2.22. The molecule has 21 heavy (non-hydrogen) atoms. The number of thiophene rings is 1. The number of para-hydroxylation sites is 1. The first-order valence-corrected chi connectivity index (χ1v) is 8.39. The van der Waals surface area contributed by atoms with Crippen LogP contribution in [0.1, 0.15) is 10.4 Å². The fourth-order valence-corrected chi connectivity index (χ4v) is 3.81. The van der Waals surface area contributed by atoms with E-state index in [1.807, 2.05) is 36.5 Å². The predicted molar refractivity (Wildman–Crippen MR) is 90.7 cm³/mol. The minimum Gasteiger partial charge on any atom is -0.361 e. The molecule has 0 radical (unpaired) electrons. The van der Waals surface area contributed by atoms with E-state index in [1.165, 1.54) is 4.88 Å². The Labute approximate surface area is 135 Å². The third-order valence-corrected chi connectivity index (χ3v) is 5.03. The minimum atomic E-state index is 0.0652. The summed E-state index contributed by atoms with van der Waals surface area (Å²) in [6.45, 7) is 0.675. The molecule has 0 unspecified atom stereocenters. The Morgan fingerprint density at radius 3 is 2.90 bits per heavy atom. The fraction of sp³-hybridized carbons (Fsp3) is 0.188. The first-order valence-electron chi connectivity index (χ1n) is 6.78. The van der Waals surface area contributed by atoms with Crippen molar-refractivity contribution in [3.05, 3.63) is 56.8 Å². The molecule has 108 valence electrons. The second-order valence-electron chi connectivity index (χ2n) is 4.84. The maximum atomic E-state index is 12.0. The normalized spacial score (nSPS) is 10.9. The van der Waals surface area contributed by atoms with Crippen LogP contribution >= 0.6 is 27.3 Å². The van der Waals surface area contributed by atoms with Crippen molar-refractivity contribution >= 4 is 44.1 Å². The Hall–Kier alpha value is -1.59. The van der Waals surface area contributed by atoms with Crippen LogP contribution in [0, 0.1) is 0 Å². The summed E-state index contributed by atoms with van der Waals surface area (Å²) in [5, 5.41) is 4.10. The van der Waals surface area contributed by atoms with E-state index in [-0.39, 0.29) is 5.91 Å². The van der Waals surface area contributed by atoms with Crippen molar-refractivity contribution in [2.75, 3.05) is 6.54 Å². The van der Waals surface area contributed by atoms with Crippen molar-refractivity contribution in [1.82, 2.24) is 10.3 Å². The number of benzene rings is 1. The maximum Gasteiger partial charge on any atom is 0.224 e. The van der Waals surface area contributed by atoms with Crippen molar-refractivity contribution < 1.29 is 4.79 Å². The number of aromatic amines is 1. The molecule has 0 bridgehead atoms. The molecule has 3 nitrogen and oxygen atoms in total. The first kappa shape index (κ1) is 14.4. The first-order chi connectivity index (χ1) is 10.2. The zero-order valence-corrected chi connectivity index (χ0v) is 13.8. The lowest BCUT2D eigenvalue weighted by Gasteiger charge is -2.03. The molecule has 1 amide bonds. The van der Waals surface area contributed by atoms with Gasteiger partial charge in [0, 0.05) is 28.5 Å². The lowest BCUT2D eigenvalue weighted by molar-refractivity contribution is -0.120. The smallest absolute Gasteiger partial charge is 0.224 e. The zero-order chi connectivity index (χ0) is 14.7. The van der Waals surface area contributed by atoms with Crippen molar-refractivity contribution in [3.63, 3.8) is 0 Å². The van der Waals surface area contributed by atoms with Crippen LogP contribution in [0.15, 0.2) is 46.4 Å². The highest BCUT2D eigenvalue weighted by atomic mass is 79.9. The van der Waals surface area contributed by atoms with Crippen LogP contribution in [0.3, 0.4) is 0 Å². The molecule has 0 spiro atoms. The number of amides is 1. The molecule has 2 N–H and O–H groups in total. The molecule has 1 aromatic carbocycles. The molecular formula is C16H15BrN2OS. The number of rotatable bonds is 5. The Bertz CT molecular complexity index is 762. The average molecular weight is 363 g/mol. The van der Waals surface area contributed by atoms with E-state index in [0.29, 0.717) is 13.0 Å². The minimum absolute atomic E-state index is 0.0652. The number of carbonyl (C=O) groups is 1. The molecule has 0 aliphatic rings. The van der Waals surface area contributed by atoms with Crippen molar-refractivity contribution in [1.29, 1.82) is 0 Å². The van der Waals surface area contributed by atoms with Gasteiger partial charge >= 0.3 is 0 Å². The van der Waals surface area contributed by atoms with Crippen LogP contribution in [0.4, 0.5) is 0 Å². The quantitative estimate of drug-likeness (QED) is 0.710. The van der Waals surface area contributed by atoms with Gasteiger partial charge in [0.2, 0.25) is 5.91 Å². The number of H-pyrrole nitrogens is 1. The number of aromatic nitrogens is 1. The van der Waals surface area contributed by atoms with Crippen LogP contribution in [0.2, 0.25) is 0 Å². The average Bonchev–Trinajstić information content (AvgIpc) is 3.06. The summed E-state index contributed by atoms with van der Waals surface area (Å²) in [5.74, 6) is 0.0652. The highest BCUT2D eigenvalue weighted by Gasteiger charge is 2.08. The Morgan fingerprint density at radius 2 is 2.10 bits per heavy atom. The van der Waals surface area contributed by atoms with Crippen molar-refractivity contribution in [2.45, 2.75) is 12.8 Å². The molecule has 0 saturated carbocycles. The lowest BCUT2D eigenvalue weighted by Crippen LogP contribution is -2.26. The van der Waals surface area contributed by atoms with Crippen LogP contribution in [-0.2, 0) is 17.6 Å². The van der Waals surface area contributed by atoms with E-state index in [1.54, 1.807) is 11.3 Å². The van der Waals surface area contributed by atoms with Crippen molar-refractivity contribution in [3.8, 4) is 0 Å². The largest absolute Gasteiger partial charge is 0.361 e. The van der Waals surface area contributed by atoms with Gasteiger partial charge in [-0.05, 0) is 46.1 Å². The number of hydrogen-bond acceptors (Lipinski definition) is 2. The second kappa shape index (κ2) is 6.45. The number of hydrogen-bond donors (Lipinski definition) is 2. The molecule has 3 aromatic rings. The van der Waals surface area contributed by atoms with Gasteiger partial charge in [-0.25, -0.2) is 0 Å². The van der Waals surface area contributed by atoms with Crippen LogP contribution < -0.4 is 5.32 Å². The van der Waals surface area contributed by atoms with Gasteiger partial charge in [0.25, 0.3) is 0 Å². The summed E-state index contributed by atoms with van der Waals surface area (Å²) in [4.78, 5) is 16.5. The van der Waals surface area contributed by atoms with Gasteiger partial charge in [-0.15, -0.1) is 11.3 Å². The fourth-order valence-electron chi connectivity index (χ4n) is 2.32. The molecule has 0 saturated heterocycles. The molecule has 3 rings (SSSR count). The number of halogens is 1. The third kappa shape index (κ3) is 3.54. The SMILES string of the molecule is O=C(Cc1c[nH]c2ccccc12)NCCc1ccc(Br)s1. The van der Waals surface area contributed by atoms with E-state index in [9.17, 15) is 4.79 Å². The Morgan fingerprint density at radius 1 is 1.24 bits per heavy atom. The number of fused-ring (bicyclic) bond motifs is 1. The second-order valence-corrected chi connectivity index (χ2v) is 7.39. The summed E-state index contributed by atoms with van der Waals surface area (Å²) in [6, 6.07) is 12.2. The molecule has 5 heteroatoms. The van der Waals surface area contributed by atoms with E-state index >= 15 is 0 Å². The molecule has 0 atom stereocenters. The van der Waals surface area contributed by atoms with Gasteiger partial charge in [0.1, 0.15) is 0 Å². The third-order valence-electron chi connectivity index (χ3n) is 3.35. The number of carbonyl (C=O) groups excluding carboxylic acids is 1. The number of nitrogens with one attached hydrogen (secondary N) is 2. The van der Waals surface area contributed by atoms with Crippen LogP contribution in [0.25, 0.3) is 10.9 Å². The predicted octanol–water partition coefficient (Wildman–Crippen LogP) is 3.89. The molecular weight excluding hydrogens is 348 g/mol. The molecule has 0 aliphatic carbocycles. The van der Waals surface area contributed by atoms with Crippen LogP contribution in [0.5, 0.6) is 0 Å². The van der Waals surface area contributed by atoms with Gasteiger partial charge < -0.3 is 10.3 Å². The van der Waals surface area contributed by atoms with E-state index in [0.717, 1.165) is 26.7 Å². The van der Waals surface area contributed by atoms with Gasteiger partial charge in [-0.2, -0.15) is 0 Å². The monoisotopic (exact) mass is 362 g/mol. The molecule has 2 aromatic heterocycles. The summed E-state index contributed by atoms with van der Waals surface area (Å²) in [5.41, 5.74) is 2.12. The van der Waals surface area contributed by atoms with E-state index in [2.05, 4.69) is 32.3 Å². The zero-order valence-electron chi connectivity index (χ0n) is 11.4. The van der Waals surface area contributed by atoms with Gasteiger partial charge in [0.05, 0.1) is 10.2 Å². The standard InChI is InChI=1S/C16H15BrN2OS/c17-15-6-5-12(21-15)7-8-18-16(20)9-11-10-19-14-4-2-1-3-13(11)14/h1-6,10,19H,7-9H2,(H,18,20). The highest BCUT2D eigenvalue weighted by molar-refractivity contribution is 9.11. The summed E-state index contributed by atoms with van der Waals surface area (Å²) in [6.07, 6.45) is 3.20. The maximum absolute atomic E-state index is 12.0. The Kier molecular flexibility index (Phi) is 4.41. The lowest BCUT2D eigenvalue weighted by atomic mass is 10.1. The topological polar surface area (TPSA) is 44.9 Å². The van der Waals surface area contributed by atoms with Crippen LogP contribution in [-0.4, -0.2) is 17.4 Å². The summed E-state index contributed by atoms with van der Waals surface area (Å²) < 4.78 is 1.13.